The van der Waals surface area contributed by atoms with Crippen molar-refractivity contribution < 1.29 is 14.3 Å². The van der Waals surface area contributed by atoms with E-state index >= 15 is 0 Å². The van der Waals surface area contributed by atoms with Gasteiger partial charge in [0.15, 0.2) is 0 Å². The number of hydrogen-bond donors (Lipinski definition) is 3. The predicted molar refractivity (Wildman–Crippen MR) is 152 cm³/mol. The van der Waals surface area contributed by atoms with Crippen molar-refractivity contribution in [3.05, 3.63) is 81.7 Å². The van der Waals surface area contributed by atoms with Gasteiger partial charge >= 0.3 is 0 Å². The van der Waals surface area contributed by atoms with Crippen LogP contribution in [0, 0.1) is 0 Å². The summed E-state index contributed by atoms with van der Waals surface area (Å²) in [6, 6.07) is 12.1. The van der Waals surface area contributed by atoms with Crippen molar-refractivity contribution >= 4 is 45.6 Å². The van der Waals surface area contributed by atoms with Crippen LogP contribution < -0.4 is 21.9 Å². The molecule has 0 radical (unpaired) electrons. The van der Waals surface area contributed by atoms with Crippen LogP contribution in [0.4, 0.5) is 11.5 Å². The van der Waals surface area contributed by atoms with Crippen LogP contribution in [-0.2, 0) is 23.1 Å². The molecule has 0 saturated carbocycles. The van der Waals surface area contributed by atoms with Crippen molar-refractivity contribution in [3.63, 3.8) is 0 Å². The molecule has 6 rings (SSSR count). The van der Waals surface area contributed by atoms with Crippen molar-refractivity contribution in [3.8, 4) is 10.6 Å². The summed E-state index contributed by atoms with van der Waals surface area (Å²) >= 11 is 1.10. The average Bonchev–Trinajstić information content (AvgIpc) is 3.70. The van der Waals surface area contributed by atoms with E-state index in [1.54, 1.807) is 12.3 Å². The van der Waals surface area contributed by atoms with Gasteiger partial charge in [0.2, 0.25) is 10.9 Å². The first-order valence-electron chi connectivity index (χ1n) is 12.7. The van der Waals surface area contributed by atoms with Gasteiger partial charge < -0.3 is 25.7 Å². The third kappa shape index (κ3) is 4.83. The van der Waals surface area contributed by atoms with Gasteiger partial charge in [0.05, 0.1) is 18.3 Å². The number of methoxy groups -OCH3 is 1. The molecular weight excluding hydrogens is 546 g/mol. The van der Waals surface area contributed by atoms with Gasteiger partial charge in [0, 0.05) is 49.5 Å². The molecule has 1 aliphatic rings. The summed E-state index contributed by atoms with van der Waals surface area (Å²) in [6.45, 7) is 0.215. The summed E-state index contributed by atoms with van der Waals surface area (Å²) in [5, 5.41) is 15.1. The quantitative estimate of drug-likeness (QED) is 0.265. The molecule has 208 valence electrons. The lowest BCUT2D eigenvalue weighted by Gasteiger charge is -2.15. The smallest absolute Gasteiger partial charge is 0.286 e. The molecule has 1 aromatic carbocycles. The van der Waals surface area contributed by atoms with Crippen molar-refractivity contribution in [2.75, 3.05) is 18.2 Å². The Balaban J connectivity index is 1.22. The SMILES string of the molecule is CO[C@@H]1C[C@@H](C(=O)NCc2cc3cnc(N)cc3n2C)n2c1ncc(NC(=O)c1nnc(-c3ccccc3)s1)c2=O. The molecule has 2 atom stereocenters. The number of benzene rings is 1. The number of aromatic nitrogens is 6. The van der Waals surface area contributed by atoms with E-state index in [0.717, 1.165) is 33.5 Å². The number of carbonyl (C=O) groups is 2. The maximum Gasteiger partial charge on any atom is 0.286 e. The maximum atomic E-state index is 13.5. The van der Waals surface area contributed by atoms with Crippen LogP contribution in [0.3, 0.4) is 0 Å². The molecule has 41 heavy (non-hydrogen) atoms. The van der Waals surface area contributed by atoms with Crippen molar-refractivity contribution in [2.45, 2.75) is 25.1 Å². The number of ether oxygens (including phenoxy) is 1. The monoisotopic (exact) mass is 571 g/mol. The van der Waals surface area contributed by atoms with Gasteiger partial charge in [-0.05, 0) is 6.07 Å². The Kier molecular flexibility index (Phi) is 6.77. The number of pyridine rings is 1. The number of rotatable bonds is 7. The second-order valence-corrected chi connectivity index (χ2v) is 10.5. The summed E-state index contributed by atoms with van der Waals surface area (Å²) in [5.41, 5.74) is 7.72. The Bertz CT molecular complexity index is 1850. The summed E-state index contributed by atoms with van der Waals surface area (Å²) < 4.78 is 8.71. The first-order valence-corrected chi connectivity index (χ1v) is 13.5. The minimum absolute atomic E-state index is 0.0801. The minimum atomic E-state index is -0.884. The summed E-state index contributed by atoms with van der Waals surface area (Å²) in [5.74, 6) is -0.265. The highest BCUT2D eigenvalue weighted by molar-refractivity contribution is 7.16. The lowest BCUT2D eigenvalue weighted by molar-refractivity contribution is -0.124. The summed E-state index contributed by atoms with van der Waals surface area (Å²) in [4.78, 5) is 48.3. The van der Waals surface area contributed by atoms with Crippen molar-refractivity contribution in [2.24, 2.45) is 7.05 Å². The molecule has 1 aliphatic heterocycles. The standard InChI is InChI=1S/C27H25N9O4S/c1-35-16(8-15-11-29-21(28)10-18(15)35)12-31-23(37)19-9-20(40-2)22-30-13-17(27(39)36(19)22)32-24(38)26-34-33-25(41-26)14-6-4-3-5-7-14/h3-8,10-11,13,19-20H,9,12H2,1-2H3,(H2,28,29)(H,31,37)(H,32,38)/t19-,20+/m0/s1. The number of nitrogens with zero attached hydrogens (tertiary/aromatic N) is 6. The molecule has 0 aliphatic carbocycles. The second-order valence-electron chi connectivity index (χ2n) is 9.49. The van der Waals surface area contributed by atoms with E-state index in [-0.39, 0.29) is 29.6 Å². The van der Waals surface area contributed by atoms with Crippen LogP contribution in [0.2, 0.25) is 0 Å². The van der Waals surface area contributed by atoms with E-state index < -0.39 is 23.6 Å². The van der Waals surface area contributed by atoms with E-state index in [1.807, 2.05) is 48.0 Å². The molecule has 5 heterocycles. The zero-order valence-electron chi connectivity index (χ0n) is 22.1. The van der Waals surface area contributed by atoms with Crippen LogP contribution in [-0.4, -0.2) is 48.2 Å². The Hall–Kier alpha value is -4.95. The number of carbonyl (C=O) groups excluding carboxylic acids is 2. The van der Waals surface area contributed by atoms with Crippen molar-refractivity contribution in [1.82, 2.24) is 34.6 Å². The molecule has 0 saturated heterocycles. The molecule has 5 aromatic rings. The fourth-order valence-electron chi connectivity index (χ4n) is 4.90. The van der Waals surface area contributed by atoms with Gasteiger partial charge in [0.25, 0.3) is 11.5 Å². The molecule has 0 unspecified atom stereocenters. The Morgan fingerprint density at radius 2 is 1.95 bits per heavy atom. The van der Waals surface area contributed by atoms with Crippen LogP contribution in [0.15, 0.2) is 59.7 Å². The van der Waals surface area contributed by atoms with E-state index in [4.69, 9.17) is 10.5 Å². The van der Waals surface area contributed by atoms with Crippen LogP contribution in [0.25, 0.3) is 21.5 Å². The summed E-state index contributed by atoms with van der Waals surface area (Å²) in [6.07, 6.45) is 2.60. The van der Waals surface area contributed by atoms with Gasteiger partial charge in [-0.2, -0.15) is 0 Å². The lowest BCUT2D eigenvalue weighted by atomic mass is 10.1. The molecule has 4 aromatic heterocycles. The topological polar surface area (TPSA) is 172 Å². The van der Waals surface area contributed by atoms with E-state index in [0.29, 0.717) is 16.6 Å². The molecule has 4 N–H and O–H groups in total. The number of nitrogens with two attached hydrogens (primary N) is 1. The fourth-order valence-corrected chi connectivity index (χ4v) is 5.65. The highest BCUT2D eigenvalue weighted by atomic mass is 32.1. The molecule has 0 spiro atoms. The number of hydrogen-bond acceptors (Lipinski definition) is 10. The number of nitrogens with one attached hydrogen (secondary N) is 2. The Morgan fingerprint density at radius 1 is 1.15 bits per heavy atom. The van der Waals surface area contributed by atoms with E-state index in [2.05, 4.69) is 30.8 Å². The highest BCUT2D eigenvalue weighted by Gasteiger charge is 2.38. The van der Waals surface area contributed by atoms with Crippen molar-refractivity contribution in [1.29, 1.82) is 0 Å². The van der Waals surface area contributed by atoms with Crippen LogP contribution in [0.1, 0.15) is 39.9 Å². The molecule has 0 bridgehead atoms. The van der Waals surface area contributed by atoms with Gasteiger partial charge in [-0.15, -0.1) is 10.2 Å². The number of fused-ring (bicyclic) bond motifs is 2. The van der Waals surface area contributed by atoms with E-state index in [9.17, 15) is 14.4 Å². The first kappa shape index (κ1) is 26.3. The molecule has 2 amide bonds. The first-order chi connectivity index (χ1) is 19.8. The van der Waals surface area contributed by atoms with Crippen LogP contribution >= 0.6 is 11.3 Å². The zero-order chi connectivity index (χ0) is 28.7. The number of nitrogen functional groups attached to an aromatic ring is 1. The highest BCUT2D eigenvalue weighted by Crippen LogP contribution is 2.34. The molecular formula is C27H25N9O4S. The fraction of sp³-hybridized carbons (Fsp3) is 0.222. The predicted octanol–water partition coefficient (Wildman–Crippen LogP) is 2.43. The van der Waals surface area contributed by atoms with Gasteiger partial charge in [-0.3, -0.25) is 19.0 Å². The van der Waals surface area contributed by atoms with Gasteiger partial charge in [-0.1, -0.05) is 41.7 Å². The van der Waals surface area contributed by atoms with Gasteiger partial charge in [0.1, 0.15) is 34.5 Å². The van der Waals surface area contributed by atoms with Gasteiger partial charge in [-0.25, -0.2) is 9.97 Å². The third-order valence-electron chi connectivity index (χ3n) is 7.03. The second kappa shape index (κ2) is 10.6. The average molecular weight is 572 g/mol. The van der Waals surface area contributed by atoms with Crippen LogP contribution in [0.5, 0.6) is 0 Å². The Labute approximate surface area is 237 Å². The lowest BCUT2D eigenvalue weighted by Crippen LogP contribution is -2.37. The zero-order valence-corrected chi connectivity index (χ0v) is 22.9. The largest absolute Gasteiger partial charge is 0.384 e. The maximum absolute atomic E-state index is 13.5. The molecule has 14 heteroatoms. The Morgan fingerprint density at radius 3 is 2.73 bits per heavy atom. The number of aryl methyl sites for hydroxylation is 1. The molecule has 0 fully saturated rings. The number of anilines is 2. The minimum Gasteiger partial charge on any atom is -0.384 e. The third-order valence-corrected chi connectivity index (χ3v) is 8.00. The van der Waals surface area contributed by atoms with E-state index in [1.165, 1.54) is 17.9 Å². The molecule has 13 nitrogen and oxygen atoms in total. The normalized spacial score (nSPS) is 16.0. The summed E-state index contributed by atoms with van der Waals surface area (Å²) in [7, 11) is 3.37. The number of amides is 2.